The zero-order chi connectivity index (χ0) is 22.1. The molecule has 30 heavy (non-hydrogen) atoms. The molecule has 0 bridgehead atoms. The lowest BCUT2D eigenvalue weighted by Gasteiger charge is -2.11. The Bertz CT molecular complexity index is 895. The second-order valence-corrected chi connectivity index (χ2v) is 7.20. The number of anilines is 2. The molecule has 0 heterocycles. The fourth-order valence-electron chi connectivity index (χ4n) is 2.81. The van der Waals surface area contributed by atoms with Gasteiger partial charge in [0.2, 0.25) is 5.91 Å². The van der Waals surface area contributed by atoms with Crippen molar-refractivity contribution in [1.29, 1.82) is 0 Å². The number of amides is 3. The Balaban J connectivity index is 2.01. The Kier molecular flexibility index (Phi) is 8.52. The summed E-state index contributed by atoms with van der Waals surface area (Å²) in [7, 11) is 3.96. The number of carbonyl (C=O) groups excluding carboxylic acids is 3. The van der Waals surface area contributed by atoms with Gasteiger partial charge >= 0.3 is 0 Å². The molecule has 0 aliphatic rings. The highest BCUT2D eigenvalue weighted by molar-refractivity contribution is 6.05. The summed E-state index contributed by atoms with van der Waals surface area (Å²) in [6.45, 7) is 2.62. The number of nitrogens with zero attached hydrogens (tertiary/aromatic N) is 1. The molecule has 0 saturated heterocycles. The molecule has 2 aromatic rings. The van der Waals surface area contributed by atoms with Crippen molar-refractivity contribution in [3.8, 4) is 0 Å². The number of rotatable bonds is 9. The second-order valence-electron chi connectivity index (χ2n) is 7.20. The van der Waals surface area contributed by atoms with Crippen molar-refractivity contribution in [2.45, 2.75) is 20.0 Å². The molecule has 0 atom stereocenters. The number of hydrogen-bond donors (Lipinski definition) is 4. The average Bonchev–Trinajstić information content (AvgIpc) is 2.70. The summed E-state index contributed by atoms with van der Waals surface area (Å²) in [6, 6.07) is 11.2. The fourth-order valence-corrected chi connectivity index (χ4v) is 2.81. The van der Waals surface area contributed by atoms with Crippen LogP contribution in [0.4, 0.5) is 11.4 Å². The fraction of sp³-hybridized carbons (Fsp3) is 0.318. The van der Waals surface area contributed by atoms with Gasteiger partial charge in [-0.25, -0.2) is 0 Å². The van der Waals surface area contributed by atoms with Crippen LogP contribution in [-0.4, -0.2) is 54.9 Å². The van der Waals surface area contributed by atoms with Crippen LogP contribution in [0.2, 0.25) is 0 Å². The molecule has 2 rings (SSSR count). The molecule has 2 aromatic carbocycles. The monoisotopic (exact) mass is 412 g/mol. The molecule has 0 unspecified atom stereocenters. The van der Waals surface area contributed by atoms with E-state index in [1.807, 2.05) is 14.1 Å². The Labute approximate surface area is 176 Å². The maximum absolute atomic E-state index is 12.5. The zero-order valence-corrected chi connectivity index (χ0v) is 17.5. The summed E-state index contributed by atoms with van der Waals surface area (Å²) >= 11 is 0. The standard InChI is InChI=1S/C22H28N4O4/c1-15(28)24-19-11-16(14-27)12-20(13-19)25-22(30)18-7-5-17(6-8-18)21(29)23-9-4-10-26(2)3/h5-8,11-13,27H,4,9-10,14H2,1-3H3,(H,23,29)(H,24,28)(H,25,30). The minimum Gasteiger partial charge on any atom is -0.392 e. The molecule has 8 nitrogen and oxygen atoms in total. The van der Waals surface area contributed by atoms with E-state index in [2.05, 4.69) is 20.9 Å². The van der Waals surface area contributed by atoms with Gasteiger partial charge in [0.1, 0.15) is 0 Å². The van der Waals surface area contributed by atoms with E-state index in [1.165, 1.54) is 6.92 Å². The highest BCUT2D eigenvalue weighted by Gasteiger charge is 2.11. The van der Waals surface area contributed by atoms with Crippen molar-refractivity contribution in [3.05, 3.63) is 59.2 Å². The molecule has 0 saturated carbocycles. The van der Waals surface area contributed by atoms with Crippen LogP contribution in [0.25, 0.3) is 0 Å². The van der Waals surface area contributed by atoms with E-state index in [0.717, 1.165) is 13.0 Å². The van der Waals surface area contributed by atoms with E-state index in [0.29, 0.717) is 34.6 Å². The smallest absolute Gasteiger partial charge is 0.255 e. The maximum Gasteiger partial charge on any atom is 0.255 e. The van der Waals surface area contributed by atoms with Crippen LogP contribution >= 0.6 is 0 Å². The SMILES string of the molecule is CC(=O)Nc1cc(CO)cc(NC(=O)c2ccc(C(=O)NCCCN(C)C)cc2)c1. The van der Waals surface area contributed by atoms with Gasteiger partial charge < -0.3 is 26.0 Å². The minimum absolute atomic E-state index is 0.184. The summed E-state index contributed by atoms with van der Waals surface area (Å²) in [6.07, 6.45) is 0.854. The normalized spacial score (nSPS) is 10.6. The van der Waals surface area contributed by atoms with Crippen LogP contribution in [0.15, 0.2) is 42.5 Å². The van der Waals surface area contributed by atoms with Crippen LogP contribution in [-0.2, 0) is 11.4 Å². The molecule has 3 amide bonds. The quantitative estimate of drug-likeness (QED) is 0.471. The van der Waals surface area contributed by atoms with Gasteiger partial charge in [-0.1, -0.05) is 0 Å². The molecule has 0 aliphatic carbocycles. The van der Waals surface area contributed by atoms with Gasteiger partial charge in [-0.15, -0.1) is 0 Å². The van der Waals surface area contributed by atoms with Crippen LogP contribution in [0.5, 0.6) is 0 Å². The van der Waals surface area contributed by atoms with Gasteiger partial charge in [0, 0.05) is 36.0 Å². The van der Waals surface area contributed by atoms with Crippen LogP contribution in [0.1, 0.15) is 39.6 Å². The first kappa shape index (κ1) is 23.1. The third-order valence-electron chi connectivity index (χ3n) is 4.23. The van der Waals surface area contributed by atoms with Gasteiger partial charge in [-0.05, 0) is 75.1 Å². The Hall–Kier alpha value is -3.23. The minimum atomic E-state index is -0.364. The first-order chi connectivity index (χ1) is 14.3. The number of hydrogen-bond acceptors (Lipinski definition) is 5. The van der Waals surface area contributed by atoms with Crippen molar-refractivity contribution in [2.75, 3.05) is 37.8 Å². The van der Waals surface area contributed by atoms with Crippen LogP contribution < -0.4 is 16.0 Å². The van der Waals surface area contributed by atoms with Gasteiger partial charge in [0.15, 0.2) is 0 Å². The lowest BCUT2D eigenvalue weighted by Crippen LogP contribution is -2.27. The lowest BCUT2D eigenvalue weighted by atomic mass is 10.1. The summed E-state index contributed by atoms with van der Waals surface area (Å²) in [5.41, 5.74) is 2.34. The number of aliphatic hydroxyl groups is 1. The molecular weight excluding hydrogens is 384 g/mol. The van der Waals surface area contributed by atoms with E-state index in [4.69, 9.17) is 0 Å². The van der Waals surface area contributed by atoms with E-state index in [1.54, 1.807) is 42.5 Å². The maximum atomic E-state index is 12.5. The van der Waals surface area contributed by atoms with E-state index >= 15 is 0 Å². The van der Waals surface area contributed by atoms with Crippen molar-refractivity contribution >= 4 is 29.1 Å². The topological polar surface area (TPSA) is 111 Å². The number of benzene rings is 2. The molecule has 8 heteroatoms. The summed E-state index contributed by atoms with van der Waals surface area (Å²) in [4.78, 5) is 38.0. The molecular formula is C22H28N4O4. The molecule has 4 N–H and O–H groups in total. The Morgan fingerprint density at radius 3 is 2.00 bits per heavy atom. The van der Waals surface area contributed by atoms with Crippen molar-refractivity contribution in [1.82, 2.24) is 10.2 Å². The average molecular weight is 412 g/mol. The van der Waals surface area contributed by atoms with E-state index in [9.17, 15) is 19.5 Å². The summed E-state index contributed by atoms with van der Waals surface area (Å²) in [5.74, 6) is -0.800. The highest BCUT2D eigenvalue weighted by atomic mass is 16.3. The summed E-state index contributed by atoms with van der Waals surface area (Å²) in [5, 5.41) is 17.6. The summed E-state index contributed by atoms with van der Waals surface area (Å²) < 4.78 is 0. The molecule has 0 aliphatic heterocycles. The van der Waals surface area contributed by atoms with E-state index < -0.39 is 0 Å². The van der Waals surface area contributed by atoms with Gasteiger partial charge in [-0.3, -0.25) is 14.4 Å². The molecule has 0 aromatic heterocycles. The third kappa shape index (κ3) is 7.31. The molecule has 0 radical (unpaired) electrons. The first-order valence-electron chi connectivity index (χ1n) is 9.65. The van der Waals surface area contributed by atoms with Gasteiger partial charge in [0.25, 0.3) is 11.8 Å². The lowest BCUT2D eigenvalue weighted by molar-refractivity contribution is -0.114. The molecule has 0 spiro atoms. The van der Waals surface area contributed by atoms with Crippen molar-refractivity contribution < 1.29 is 19.5 Å². The van der Waals surface area contributed by atoms with Crippen LogP contribution in [0.3, 0.4) is 0 Å². The predicted molar refractivity (Wildman–Crippen MR) is 117 cm³/mol. The van der Waals surface area contributed by atoms with Crippen molar-refractivity contribution in [2.24, 2.45) is 0 Å². The zero-order valence-electron chi connectivity index (χ0n) is 17.5. The van der Waals surface area contributed by atoms with Gasteiger partial charge in [-0.2, -0.15) is 0 Å². The van der Waals surface area contributed by atoms with Crippen LogP contribution in [0, 0.1) is 0 Å². The Morgan fingerprint density at radius 2 is 1.47 bits per heavy atom. The van der Waals surface area contributed by atoms with Crippen molar-refractivity contribution in [3.63, 3.8) is 0 Å². The largest absolute Gasteiger partial charge is 0.392 e. The van der Waals surface area contributed by atoms with Gasteiger partial charge in [0.05, 0.1) is 6.61 Å². The third-order valence-corrected chi connectivity index (χ3v) is 4.23. The number of carbonyl (C=O) groups is 3. The predicted octanol–water partition coefficient (Wildman–Crippen LogP) is 2.07. The molecule has 160 valence electrons. The number of nitrogens with one attached hydrogen (secondary N) is 3. The Morgan fingerprint density at radius 1 is 0.900 bits per heavy atom. The van der Waals surface area contributed by atoms with E-state index in [-0.39, 0.29) is 24.3 Å². The highest BCUT2D eigenvalue weighted by Crippen LogP contribution is 2.20. The number of aliphatic hydroxyl groups excluding tert-OH is 1. The second kappa shape index (κ2) is 11.1. The first-order valence-corrected chi connectivity index (χ1v) is 9.65. The molecule has 0 fully saturated rings.